The lowest BCUT2D eigenvalue weighted by atomic mass is 9.99. The Labute approximate surface area is 135 Å². The van der Waals surface area contributed by atoms with Crippen LogP contribution < -0.4 is 5.32 Å². The standard InChI is InChI=1S/C16H24N2OS2/c1-4-10(2)14-16(19)18(12-7-8-20-9-12)15(17-14)13-6-5-11(3)21-13/h5-6,10,12,14-15,17H,4,7-9H2,1-3H3. The average Bonchev–Trinajstić information content (AvgIpc) is 3.17. The molecule has 2 aliphatic heterocycles. The minimum Gasteiger partial charge on any atom is -0.317 e. The van der Waals surface area contributed by atoms with E-state index in [9.17, 15) is 4.79 Å². The first-order valence-corrected chi connectivity index (χ1v) is 9.81. The molecular formula is C16H24N2OS2. The van der Waals surface area contributed by atoms with Gasteiger partial charge in [-0.3, -0.25) is 10.1 Å². The molecule has 1 N–H and O–H groups in total. The molecule has 0 saturated carbocycles. The predicted octanol–water partition coefficient (Wildman–Crippen LogP) is 3.41. The molecule has 2 fully saturated rings. The summed E-state index contributed by atoms with van der Waals surface area (Å²) in [4.78, 5) is 17.7. The van der Waals surface area contributed by atoms with Gasteiger partial charge in [0.2, 0.25) is 5.91 Å². The van der Waals surface area contributed by atoms with Crippen molar-refractivity contribution in [2.75, 3.05) is 11.5 Å². The van der Waals surface area contributed by atoms with Gasteiger partial charge in [-0.1, -0.05) is 20.3 Å². The number of amides is 1. The van der Waals surface area contributed by atoms with E-state index in [4.69, 9.17) is 0 Å². The van der Waals surface area contributed by atoms with Crippen molar-refractivity contribution in [2.24, 2.45) is 5.92 Å². The molecule has 1 amide bonds. The van der Waals surface area contributed by atoms with Gasteiger partial charge in [-0.25, -0.2) is 0 Å². The van der Waals surface area contributed by atoms with Crippen LogP contribution in [-0.4, -0.2) is 34.4 Å². The van der Waals surface area contributed by atoms with Gasteiger partial charge in [0.1, 0.15) is 6.17 Å². The maximum atomic E-state index is 12.9. The lowest BCUT2D eigenvalue weighted by Crippen LogP contribution is -2.41. The third-order valence-electron chi connectivity index (χ3n) is 4.68. The highest BCUT2D eigenvalue weighted by molar-refractivity contribution is 7.99. The quantitative estimate of drug-likeness (QED) is 0.921. The molecule has 2 saturated heterocycles. The van der Waals surface area contributed by atoms with Gasteiger partial charge in [-0.15, -0.1) is 11.3 Å². The van der Waals surface area contributed by atoms with Gasteiger partial charge in [0, 0.05) is 21.5 Å². The van der Waals surface area contributed by atoms with Gasteiger partial charge in [-0.05, 0) is 37.1 Å². The predicted molar refractivity (Wildman–Crippen MR) is 90.8 cm³/mol. The van der Waals surface area contributed by atoms with E-state index < -0.39 is 0 Å². The number of carbonyl (C=O) groups is 1. The molecule has 3 nitrogen and oxygen atoms in total. The second-order valence-electron chi connectivity index (χ2n) is 6.14. The largest absolute Gasteiger partial charge is 0.317 e. The van der Waals surface area contributed by atoms with Crippen LogP contribution in [-0.2, 0) is 4.79 Å². The molecule has 3 heterocycles. The molecule has 1 aromatic rings. The Morgan fingerprint density at radius 1 is 1.48 bits per heavy atom. The zero-order chi connectivity index (χ0) is 15.0. The lowest BCUT2D eigenvalue weighted by molar-refractivity contribution is -0.132. The first-order chi connectivity index (χ1) is 10.1. The molecule has 0 bridgehead atoms. The summed E-state index contributed by atoms with van der Waals surface area (Å²) >= 11 is 3.78. The van der Waals surface area contributed by atoms with E-state index in [-0.39, 0.29) is 12.2 Å². The van der Waals surface area contributed by atoms with Gasteiger partial charge in [0.05, 0.1) is 6.04 Å². The second-order valence-corrected chi connectivity index (χ2v) is 8.61. The van der Waals surface area contributed by atoms with Crippen LogP contribution in [0.3, 0.4) is 0 Å². The Morgan fingerprint density at radius 3 is 2.86 bits per heavy atom. The smallest absolute Gasteiger partial charge is 0.241 e. The number of rotatable bonds is 4. The van der Waals surface area contributed by atoms with Gasteiger partial charge >= 0.3 is 0 Å². The first-order valence-electron chi connectivity index (χ1n) is 7.84. The van der Waals surface area contributed by atoms with Crippen LogP contribution in [0, 0.1) is 12.8 Å². The van der Waals surface area contributed by atoms with Crippen LogP contribution in [0.1, 0.15) is 42.6 Å². The number of thiophene rings is 1. The SMILES string of the molecule is CCC(C)C1NC(c2ccc(C)s2)N(C2CCSC2)C1=O. The Morgan fingerprint density at radius 2 is 2.29 bits per heavy atom. The molecule has 0 aromatic carbocycles. The van der Waals surface area contributed by atoms with Gasteiger partial charge < -0.3 is 4.90 Å². The monoisotopic (exact) mass is 324 g/mol. The highest BCUT2D eigenvalue weighted by Crippen LogP contribution is 2.37. The fraction of sp³-hybridized carbons (Fsp3) is 0.688. The number of nitrogens with one attached hydrogen (secondary N) is 1. The molecular weight excluding hydrogens is 300 g/mol. The molecule has 0 radical (unpaired) electrons. The first kappa shape index (κ1) is 15.4. The van der Waals surface area contributed by atoms with E-state index in [1.165, 1.54) is 15.5 Å². The maximum Gasteiger partial charge on any atom is 0.241 e. The molecule has 0 aliphatic carbocycles. The van der Waals surface area contributed by atoms with Crippen molar-refractivity contribution >= 4 is 29.0 Å². The van der Waals surface area contributed by atoms with Crippen molar-refractivity contribution in [3.05, 3.63) is 21.9 Å². The van der Waals surface area contributed by atoms with E-state index >= 15 is 0 Å². The van der Waals surface area contributed by atoms with E-state index in [2.05, 4.69) is 43.1 Å². The van der Waals surface area contributed by atoms with E-state index in [1.54, 1.807) is 0 Å². The summed E-state index contributed by atoms with van der Waals surface area (Å²) < 4.78 is 0. The topological polar surface area (TPSA) is 32.3 Å². The third kappa shape index (κ3) is 2.88. The summed E-state index contributed by atoms with van der Waals surface area (Å²) in [7, 11) is 0. The van der Waals surface area contributed by atoms with Crippen molar-refractivity contribution in [1.82, 2.24) is 10.2 Å². The van der Waals surface area contributed by atoms with Crippen molar-refractivity contribution < 1.29 is 4.79 Å². The molecule has 0 spiro atoms. The van der Waals surface area contributed by atoms with Crippen LogP contribution in [0.15, 0.2) is 12.1 Å². The minimum atomic E-state index is -0.0204. The summed E-state index contributed by atoms with van der Waals surface area (Å²) in [5.74, 6) is 2.97. The summed E-state index contributed by atoms with van der Waals surface area (Å²) in [6, 6.07) is 4.72. The van der Waals surface area contributed by atoms with Crippen molar-refractivity contribution in [3.63, 3.8) is 0 Å². The molecule has 4 atom stereocenters. The molecule has 3 rings (SSSR count). The normalized spacial score (nSPS) is 31.1. The fourth-order valence-corrected chi connectivity index (χ4v) is 5.35. The summed E-state index contributed by atoms with van der Waals surface area (Å²) in [6.07, 6.45) is 2.25. The fourth-order valence-electron chi connectivity index (χ4n) is 3.20. The van der Waals surface area contributed by atoms with E-state index in [0.29, 0.717) is 17.9 Å². The Hall–Kier alpha value is -0.520. The van der Waals surface area contributed by atoms with Gasteiger partial charge in [0.15, 0.2) is 0 Å². The zero-order valence-electron chi connectivity index (χ0n) is 13.0. The maximum absolute atomic E-state index is 12.9. The zero-order valence-corrected chi connectivity index (χ0v) is 14.6. The van der Waals surface area contributed by atoms with E-state index in [1.807, 2.05) is 23.1 Å². The van der Waals surface area contributed by atoms with Crippen molar-refractivity contribution in [2.45, 2.75) is 51.9 Å². The molecule has 5 heteroatoms. The Balaban J connectivity index is 1.89. The lowest BCUT2D eigenvalue weighted by Gasteiger charge is -2.29. The third-order valence-corrected chi connectivity index (χ3v) is 6.88. The Kier molecular flexibility index (Phi) is 4.62. The van der Waals surface area contributed by atoms with Crippen LogP contribution in [0.5, 0.6) is 0 Å². The average molecular weight is 325 g/mol. The number of hydrogen-bond acceptors (Lipinski definition) is 4. The second kappa shape index (κ2) is 6.31. The number of aryl methyl sites for hydroxylation is 1. The number of nitrogens with zero attached hydrogens (tertiary/aromatic N) is 1. The molecule has 2 aliphatic rings. The minimum absolute atomic E-state index is 0.0204. The summed E-state index contributed by atoms with van der Waals surface area (Å²) in [5.41, 5.74) is 0. The summed E-state index contributed by atoms with van der Waals surface area (Å²) in [5, 5.41) is 3.63. The van der Waals surface area contributed by atoms with Crippen molar-refractivity contribution in [1.29, 1.82) is 0 Å². The molecule has 1 aromatic heterocycles. The number of thioether (sulfide) groups is 1. The van der Waals surface area contributed by atoms with Gasteiger partial charge in [-0.2, -0.15) is 11.8 Å². The van der Waals surface area contributed by atoms with Crippen LogP contribution in [0.4, 0.5) is 0 Å². The van der Waals surface area contributed by atoms with Crippen LogP contribution in [0.2, 0.25) is 0 Å². The Bertz CT molecular complexity index is 510. The number of carbonyl (C=O) groups excluding carboxylic acids is 1. The van der Waals surface area contributed by atoms with Crippen LogP contribution in [0.25, 0.3) is 0 Å². The van der Waals surface area contributed by atoms with Gasteiger partial charge in [0.25, 0.3) is 0 Å². The highest BCUT2D eigenvalue weighted by atomic mass is 32.2. The van der Waals surface area contributed by atoms with Crippen LogP contribution >= 0.6 is 23.1 Å². The highest BCUT2D eigenvalue weighted by Gasteiger charge is 2.45. The van der Waals surface area contributed by atoms with E-state index in [0.717, 1.165) is 18.6 Å². The molecule has 116 valence electrons. The molecule has 21 heavy (non-hydrogen) atoms. The summed E-state index contributed by atoms with van der Waals surface area (Å²) in [6.45, 7) is 6.48. The molecule has 4 unspecified atom stereocenters. The number of hydrogen-bond donors (Lipinski definition) is 1. The van der Waals surface area contributed by atoms with Crippen molar-refractivity contribution in [3.8, 4) is 0 Å².